The monoisotopic (exact) mass is 102 g/mol. The fourth-order valence-electron chi connectivity index (χ4n) is 0.563. The number of ether oxygens (including phenoxy) is 1. The minimum absolute atomic E-state index is 0.0694. The van der Waals surface area contributed by atoms with Crippen molar-refractivity contribution < 1.29 is 9.84 Å². The summed E-state index contributed by atoms with van der Waals surface area (Å²) < 4.78 is 4.88. The maximum Gasteiger partial charge on any atom is 0.110 e. The molecular weight excluding hydrogens is 94.0 g/mol. The maximum absolute atomic E-state index is 9.97. The predicted molar refractivity (Wildman–Crippen MR) is 23.3 cm³/mol. The first-order valence-corrected chi connectivity index (χ1v) is 2.34. The molecule has 0 aromatic heterocycles. The van der Waals surface area contributed by atoms with Gasteiger partial charge in [0.1, 0.15) is 6.61 Å². The van der Waals surface area contributed by atoms with E-state index in [0.29, 0.717) is 6.73 Å². The maximum atomic E-state index is 9.97. The summed E-state index contributed by atoms with van der Waals surface area (Å²) in [5.41, 5.74) is 0. The van der Waals surface area contributed by atoms with E-state index >= 15 is 0 Å². The van der Waals surface area contributed by atoms with Gasteiger partial charge in [-0.2, -0.15) is 0 Å². The first-order valence-electron chi connectivity index (χ1n) is 2.34. The van der Waals surface area contributed by atoms with E-state index in [1.807, 2.05) is 0 Å². The van der Waals surface area contributed by atoms with Gasteiger partial charge in [0.2, 0.25) is 0 Å². The number of rotatable bonds is 1. The Balaban J connectivity index is 2.14. The summed E-state index contributed by atoms with van der Waals surface area (Å²) in [5, 5.41) is 12.9. The van der Waals surface area contributed by atoms with Crippen molar-refractivity contribution in [1.82, 2.24) is 5.32 Å². The molecule has 0 saturated carbocycles. The van der Waals surface area contributed by atoms with Crippen LogP contribution in [0.2, 0.25) is 0 Å². The molecule has 1 aliphatic heterocycles. The largest absolute Gasteiger partial charge is 0.359 e. The Labute approximate surface area is 42.3 Å². The average molecular weight is 102 g/mol. The van der Waals surface area contributed by atoms with Crippen molar-refractivity contribution in [2.75, 3.05) is 19.9 Å². The van der Waals surface area contributed by atoms with Crippen LogP contribution in [-0.2, 0) is 9.84 Å². The molecule has 0 amide bonds. The smallest absolute Gasteiger partial charge is 0.110 e. The Morgan fingerprint density at radius 1 is 1.86 bits per heavy atom. The summed E-state index contributed by atoms with van der Waals surface area (Å²) in [4.78, 5) is 0. The summed E-state index contributed by atoms with van der Waals surface area (Å²) >= 11 is 0. The molecule has 3 nitrogen and oxygen atoms in total. The molecule has 1 unspecified atom stereocenters. The van der Waals surface area contributed by atoms with Gasteiger partial charge in [-0.05, 0) is 0 Å². The first-order chi connectivity index (χ1) is 3.43. The molecule has 1 saturated heterocycles. The molecule has 1 atom stereocenters. The van der Waals surface area contributed by atoms with Gasteiger partial charge in [-0.15, -0.1) is 0 Å². The molecule has 1 rings (SSSR count). The third kappa shape index (κ3) is 1.12. The van der Waals surface area contributed by atoms with Gasteiger partial charge in [-0.25, -0.2) is 5.11 Å². The Hall–Kier alpha value is -0.120. The second-order valence-corrected chi connectivity index (χ2v) is 1.55. The molecule has 3 heteroatoms. The second kappa shape index (κ2) is 2.26. The molecule has 0 aromatic rings. The Kier molecular flexibility index (Phi) is 1.62. The Bertz CT molecular complexity index is 51.7. The van der Waals surface area contributed by atoms with Gasteiger partial charge < -0.3 is 4.74 Å². The van der Waals surface area contributed by atoms with Gasteiger partial charge in [-0.1, -0.05) is 0 Å². The third-order valence-electron chi connectivity index (χ3n) is 0.979. The minimum Gasteiger partial charge on any atom is -0.359 e. The zero-order valence-corrected chi connectivity index (χ0v) is 4.02. The Morgan fingerprint density at radius 3 is 3.00 bits per heavy atom. The molecule has 0 bridgehead atoms. The van der Waals surface area contributed by atoms with Crippen molar-refractivity contribution in [2.24, 2.45) is 0 Å². The number of nitrogens with one attached hydrogen (secondary N) is 1. The van der Waals surface area contributed by atoms with Crippen LogP contribution in [0.4, 0.5) is 0 Å². The standard InChI is InChI=1S/C4H8NO2/c6-2-4-1-5-3-7-4/h4-5H,1-3H2. The van der Waals surface area contributed by atoms with E-state index in [0.717, 1.165) is 6.54 Å². The third-order valence-corrected chi connectivity index (χ3v) is 0.979. The predicted octanol–water partition coefficient (Wildman–Crippen LogP) is -0.637. The molecule has 1 N–H and O–H groups in total. The molecule has 0 spiro atoms. The van der Waals surface area contributed by atoms with E-state index in [9.17, 15) is 5.11 Å². The SMILES string of the molecule is [O]CC1CNCO1. The van der Waals surface area contributed by atoms with E-state index in [4.69, 9.17) is 4.74 Å². The lowest BCUT2D eigenvalue weighted by Crippen LogP contribution is -2.16. The molecule has 0 aliphatic carbocycles. The van der Waals surface area contributed by atoms with Crippen molar-refractivity contribution in [1.29, 1.82) is 0 Å². The summed E-state index contributed by atoms with van der Waals surface area (Å²) in [6.07, 6.45) is -0.0694. The van der Waals surface area contributed by atoms with Gasteiger partial charge in [0, 0.05) is 6.54 Å². The first kappa shape index (κ1) is 5.03. The average Bonchev–Trinajstić information content (AvgIpc) is 2.14. The van der Waals surface area contributed by atoms with Gasteiger partial charge in [0.25, 0.3) is 0 Å². The van der Waals surface area contributed by atoms with Crippen molar-refractivity contribution in [3.05, 3.63) is 0 Å². The van der Waals surface area contributed by atoms with Crippen molar-refractivity contribution in [3.63, 3.8) is 0 Å². The van der Waals surface area contributed by atoms with Crippen LogP contribution in [0, 0.1) is 0 Å². The highest BCUT2D eigenvalue weighted by molar-refractivity contribution is 4.62. The van der Waals surface area contributed by atoms with E-state index < -0.39 is 0 Å². The topological polar surface area (TPSA) is 41.2 Å². The van der Waals surface area contributed by atoms with Gasteiger partial charge in [-0.3, -0.25) is 5.32 Å². The summed E-state index contributed by atoms with van der Waals surface area (Å²) in [6.45, 7) is 1.16. The van der Waals surface area contributed by atoms with Crippen LogP contribution in [0.1, 0.15) is 0 Å². The van der Waals surface area contributed by atoms with Crippen LogP contribution in [0.15, 0.2) is 0 Å². The van der Waals surface area contributed by atoms with E-state index in [-0.39, 0.29) is 12.7 Å². The van der Waals surface area contributed by atoms with Crippen LogP contribution in [0.3, 0.4) is 0 Å². The normalized spacial score (nSPS) is 31.3. The minimum atomic E-state index is -0.118. The lowest BCUT2D eigenvalue weighted by molar-refractivity contribution is 0.0343. The molecule has 41 valence electrons. The molecule has 1 radical (unpaired) electrons. The van der Waals surface area contributed by atoms with Gasteiger partial charge in [0.15, 0.2) is 0 Å². The van der Waals surface area contributed by atoms with Gasteiger partial charge >= 0.3 is 0 Å². The highest BCUT2D eigenvalue weighted by atomic mass is 16.5. The number of hydrogen-bond donors (Lipinski definition) is 1. The van der Waals surface area contributed by atoms with E-state index in [2.05, 4.69) is 5.32 Å². The molecule has 1 aliphatic rings. The molecule has 1 heterocycles. The van der Waals surface area contributed by atoms with Crippen molar-refractivity contribution >= 4 is 0 Å². The quantitative estimate of drug-likeness (QED) is 0.478. The fourth-order valence-corrected chi connectivity index (χ4v) is 0.563. The number of hydrogen-bond acceptors (Lipinski definition) is 2. The van der Waals surface area contributed by atoms with Crippen LogP contribution < -0.4 is 5.32 Å². The van der Waals surface area contributed by atoms with Crippen molar-refractivity contribution in [2.45, 2.75) is 6.10 Å². The van der Waals surface area contributed by atoms with E-state index in [1.54, 1.807) is 0 Å². The fraction of sp³-hybridized carbons (Fsp3) is 1.00. The van der Waals surface area contributed by atoms with Crippen LogP contribution in [0.25, 0.3) is 0 Å². The second-order valence-electron chi connectivity index (χ2n) is 1.55. The van der Waals surface area contributed by atoms with Crippen LogP contribution >= 0.6 is 0 Å². The summed E-state index contributed by atoms with van der Waals surface area (Å²) in [5.74, 6) is 0. The zero-order valence-electron chi connectivity index (χ0n) is 4.02. The Morgan fingerprint density at radius 2 is 2.71 bits per heavy atom. The zero-order chi connectivity index (χ0) is 5.11. The van der Waals surface area contributed by atoms with Crippen LogP contribution in [0.5, 0.6) is 0 Å². The molecule has 7 heavy (non-hydrogen) atoms. The summed E-state index contributed by atoms with van der Waals surface area (Å²) in [7, 11) is 0. The van der Waals surface area contributed by atoms with Crippen molar-refractivity contribution in [3.8, 4) is 0 Å². The molecule has 1 fully saturated rings. The molecule has 0 aromatic carbocycles. The summed E-state index contributed by atoms with van der Waals surface area (Å²) in [6, 6.07) is 0. The lowest BCUT2D eigenvalue weighted by atomic mass is 10.4. The van der Waals surface area contributed by atoms with Crippen LogP contribution in [-0.4, -0.2) is 26.0 Å². The highest BCUT2D eigenvalue weighted by Crippen LogP contribution is 1.93. The lowest BCUT2D eigenvalue weighted by Gasteiger charge is -1.97. The highest BCUT2D eigenvalue weighted by Gasteiger charge is 2.12. The van der Waals surface area contributed by atoms with E-state index in [1.165, 1.54) is 0 Å². The molecular formula is C4H8NO2. The van der Waals surface area contributed by atoms with Gasteiger partial charge in [0.05, 0.1) is 12.8 Å².